The van der Waals surface area contributed by atoms with Crippen molar-refractivity contribution in [2.45, 2.75) is 12.5 Å². The molecule has 3 rings (SSSR count). The van der Waals surface area contributed by atoms with E-state index in [1.807, 2.05) is 29.2 Å². The molecule has 0 saturated carbocycles. The van der Waals surface area contributed by atoms with Crippen LogP contribution in [0.1, 0.15) is 17.2 Å². The van der Waals surface area contributed by atoms with E-state index in [-0.39, 0.29) is 11.9 Å². The highest BCUT2D eigenvalue weighted by Crippen LogP contribution is 2.33. The molecule has 1 heterocycles. The number of hydrogen-bond donors (Lipinski definition) is 0. The number of halogens is 1. The fourth-order valence-electron chi connectivity index (χ4n) is 2.64. The Balaban J connectivity index is 2.04. The Kier molecular flexibility index (Phi) is 2.92. The Labute approximate surface area is 111 Å². The Hall–Kier alpha value is -2.34. The molecule has 0 aromatic heterocycles. The van der Waals surface area contributed by atoms with Crippen LogP contribution in [-0.2, 0) is 6.42 Å². The largest absolute Gasteiger partial charge is 0.352 e. The van der Waals surface area contributed by atoms with Gasteiger partial charge in [0.15, 0.2) is 0 Å². The second-order valence-corrected chi connectivity index (χ2v) is 4.65. The number of benzene rings is 2. The molecule has 0 spiro atoms. The Morgan fingerprint density at radius 2 is 2.00 bits per heavy atom. The quantitative estimate of drug-likeness (QED) is 0.777. The van der Waals surface area contributed by atoms with Crippen LogP contribution < -0.4 is 4.90 Å². The summed E-state index contributed by atoms with van der Waals surface area (Å²) in [5.41, 5.74) is 3.00. The first kappa shape index (κ1) is 11.7. The van der Waals surface area contributed by atoms with Crippen LogP contribution in [0.15, 0.2) is 48.5 Å². The summed E-state index contributed by atoms with van der Waals surface area (Å²) in [4.78, 5) is 1.96. The summed E-state index contributed by atoms with van der Waals surface area (Å²) in [6.45, 7) is 0.735. The van der Waals surface area contributed by atoms with Crippen LogP contribution in [0.3, 0.4) is 0 Å². The highest BCUT2D eigenvalue weighted by atomic mass is 19.1. The van der Waals surface area contributed by atoms with Gasteiger partial charge in [0.1, 0.15) is 11.9 Å². The molecule has 0 aliphatic carbocycles. The summed E-state index contributed by atoms with van der Waals surface area (Å²) in [5.74, 6) is -0.270. The van der Waals surface area contributed by atoms with Crippen molar-refractivity contribution in [2.24, 2.45) is 0 Å². The van der Waals surface area contributed by atoms with Crippen LogP contribution in [0.2, 0.25) is 0 Å². The molecule has 0 fully saturated rings. The van der Waals surface area contributed by atoms with Gasteiger partial charge in [-0.1, -0.05) is 30.3 Å². The maximum absolute atomic E-state index is 13.3. The van der Waals surface area contributed by atoms with Crippen LogP contribution in [-0.4, -0.2) is 6.54 Å². The van der Waals surface area contributed by atoms with E-state index in [0.29, 0.717) is 0 Å². The third-order valence-electron chi connectivity index (χ3n) is 3.55. The summed E-state index contributed by atoms with van der Waals surface area (Å²) in [6.07, 6.45) is 0.880. The van der Waals surface area contributed by atoms with Gasteiger partial charge in [0.25, 0.3) is 0 Å². The van der Waals surface area contributed by atoms with Crippen LogP contribution in [0, 0.1) is 17.1 Å². The minimum Gasteiger partial charge on any atom is -0.352 e. The van der Waals surface area contributed by atoms with E-state index in [1.165, 1.54) is 17.7 Å². The van der Waals surface area contributed by atoms with E-state index in [9.17, 15) is 9.65 Å². The molecule has 2 nitrogen and oxygen atoms in total. The van der Waals surface area contributed by atoms with Crippen LogP contribution in [0.4, 0.5) is 10.1 Å². The zero-order valence-corrected chi connectivity index (χ0v) is 10.4. The van der Waals surface area contributed by atoms with E-state index in [4.69, 9.17) is 0 Å². The number of nitrogens with zero attached hydrogens (tertiary/aromatic N) is 2. The zero-order valence-electron chi connectivity index (χ0n) is 10.4. The van der Waals surface area contributed by atoms with Crippen LogP contribution >= 0.6 is 0 Å². The molecule has 0 N–H and O–H groups in total. The number of hydrogen-bond acceptors (Lipinski definition) is 2. The molecule has 0 amide bonds. The second-order valence-electron chi connectivity index (χ2n) is 4.65. The molecule has 2 aromatic carbocycles. The maximum Gasteiger partial charge on any atom is 0.142 e. The Morgan fingerprint density at radius 3 is 2.79 bits per heavy atom. The van der Waals surface area contributed by atoms with Crippen molar-refractivity contribution in [3.05, 3.63) is 65.5 Å². The molecule has 3 heteroatoms. The standard InChI is InChI=1S/C16H13FN2/c17-13-5-3-6-14(10-13)19-9-8-12-4-1-2-7-15(12)16(19)11-18/h1-7,10,16H,8-9H2. The van der Waals surface area contributed by atoms with Crippen molar-refractivity contribution < 1.29 is 4.39 Å². The molecule has 19 heavy (non-hydrogen) atoms. The predicted molar refractivity (Wildman–Crippen MR) is 72.2 cm³/mol. The molecule has 1 aliphatic rings. The van der Waals surface area contributed by atoms with Gasteiger partial charge in [0, 0.05) is 12.2 Å². The third-order valence-corrected chi connectivity index (χ3v) is 3.55. The summed E-state index contributed by atoms with van der Waals surface area (Å²) in [6, 6.07) is 16.4. The minimum atomic E-state index is -0.341. The van der Waals surface area contributed by atoms with Crippen molar-refractivity contribution in [2.75, 3.05) is 11.4 Å². The summed E-state index contributed by atoms with van der Waals surface area (Å²) in [5, 5.41) is 9.45. The lowest BCUT2D eigenvalue weighted by Gasteiger charge is -2.35. The molecule has 1 unspecified atom stereocenters. The summed E-state index contributed by atoms with van der Waals surface area (Å²) >= 11 is 0. The molecule has 0 saturated heterocycles. The van der Waals surface area contributed by atoms with Crippen LogP contribution in [0.25, 0.3) is 0 Å². The first-order valence-corrected chi connectivity index (χ1v) is 6.29. The van der Waals surface area contributed by atoms with Crippen molar-refractivity contribution >= 4 is 5.69 Å². The average molecular weight is 252 g/mol. The molecule has 1 aliphatic heterocycles. The smallest absolute Gasteiger partial charge is 0.142 e. The van der Waals surface area contributed by atoms with Crippen LogP contribution in [0.5, 0.6) is 0 Å². The first-order valence-electron chi connectivity index (χ1n) is 6.29. The fourth-order valence-corrected chi connectivity index (χ4v) is 2.64. The Bertz CT molecular complexity index is 645. The van der Waals surface area contributed by atoms with Gasteiger partial charge in [-0.2, -0.15) is 5.26 Å². The van der Waals surface area contributed by atoms with Gasteiger partial charge < -0.3 is 4.90 Å². The lowest BCUT2D eigenvalue weighted by Crippen LogP contribution is -2.34. The molecule has 0 bridgehead atoms. The lowest BCUT2D eigenvalue weighted by molar-refractivity contribution is 0.622. The topological polar surface area (TPSA) is 27.0 Å². The van der Waals surface area contributed by atoms with Crippen molar-refractivity contribution in [3.8, 4) is 6.07 Å². The van der Waals surface area contributed by atoms with Gasteiger partial charge in [0.2, 0.25) is 0 Å². The van der Waals surface area contributed by atoms with E-state index in [1.54, 1.807) is 6.07 Å². The zero-order chi connectivity index (χ0) is 13.2. The van der Waals surface area contributed by atoms with Gasteiger partial charge >= 0.3 is 0 Å². The third kappa shape index (κ3) is 2.06. The number of fused-ring (bicyclic) bond motifs is 1. The molecule has 2 aromatic rings. The van der Waals surface area contributed by atoms with Gasteiger partial charge in [-0.15, -0.1) is 0 Å². The van der Waals surface area contributed by atoms with Crippen molar-refractivity contribution in [3.63, 3.8) is 0 Å². The minimum absolute atomic E-state index is 0.270. The molecular formula is C16H13FN2. The normalized spacial score (nSPS) is 17.7. The lowest BCUT2D eigenvalue weighted by atomic mass is 9.93. The molecular weight excluding hydrogens is 239 g/mol. The van der Waals surface area contributed by atoms with E-state index < -0.39 is 0 Å². The monoisotopic (exact) mass is 252 g/mol. The van der Waals surface area contributed by atoms with E-state index in [0.717, 1.165) is 24.2 Å². The second kappa shape index (κ2) is 4.74. The average Bonchev–Trinajstić information content (AvgIpc) is 2.46. The molecule has 94 valence electrons. The highest BCUT2D eigenvalue weighted by molar-refractivity contribution is 5.54. The molecule has 0 radical (unpaired) electrons. The highest BCUT2D eigenvalue weighted by Gasteiger charge is 2.27. The Morgan fingerprint density at radius 1 is 1.16 bits per heavy atom. The van der Waals surface area contributed by atoms with Gasteiger partial charge in [-0.3, -0.25) is 0 Å². The van der Waals surface area contributed by atoms with Gasteiger partial charge in [-0.05, 0) is 35.7 Å². The number of nitriles is 1. The van der Waals surface area contributed by atoms with Crippen molar-refractivity contribution in [1.29, 1.82) is 5.26 Å². The SMILES string of the molecule is N#CC1c2ccccc2CCN1c1cccc(F)c1. The summed E-state index contributed by atoms with van der Waals surface area (Å²) < 4.78 is 13.3. The van der Waals surface area contributed by atoms with Crippen molar-refractivity contribution in [1.82, 2.24) is 0 Å². The first-order chi connectivity index (χ1) is 9.29. The van der Waals surface area contributed by atoms with Gasteiger partial charge in [0.05, 0.1) is 6.07 Å². The maximum atomic E-state index is 13.3. The fraction of sp³-hybridized carbons (Fsp3) is 0.188. The molecule has 1 atom stereocenters. The van der Waals surface area contributed by atoms with E-state index in [2.05, 4.69) is 12.1 Å². The number of rotatable bonds is 1. The number of anilines is 1. The summed E-state index contributed by atoms with van der Waals surface area (Å²) in [7, 11) is 0. The van der Waals surface area contributed by atoms with Gasteiger partial charge in [-0.25, -0.2) is 4.39 Å². The van der Waals surface area contributed by atoms with E-state index >= 15 is 0 Å². The predicted octanol–water partition coefficient (Wildman–Crippen LogP) is 3.45.